The summed E-state index contributed by atoms with van der Waals surface area (Å²) in [7, 11) is 0. The Hall–Kier alpha value is -0.730. The van der Waals surface area contributed by atoms with Gasteiger partial charge in [0.2, 0.25) is 0 Å². The van der Waals surface area contributed by atoms with Crippen molar-refractivity contribution in [2.24, 2.45) is 11.7 Å². The molecule has 3 heteroatoms. The summed E-state index contributed by atoms with van der Waals surface area (Å²) in [5, 5.41) is 0. The molecule has 3 rings (SSSR count). The van der Waals surface area contributed by atoms with Crippen molar-refractivity contribution in [1.29, 1.82) is 0 Å². The molecule has 2 nitrogen and oxygen atoms in total. The minimum absolute atomic E-state index is 0. The van der Waals surface area contributed by atoms with Gasteiger partial charge in [0, 0.05) is 12.5 Å². The van der Waals surface area contributed by atoms with Crippen LogP contribution in [-0.4, -0.2) is 6.61 Å². The van der Waals surface area contributed by atoms with Crippen LogP contribution in [0.4, 0.5) is 0 Å². The highest BCUT2D eigenvalue weighted by atomic mass is 35.5. The van der Waals surface area contributed by atoms with E-state index in [-0.39, 0.29) is 18.4 Å². The zero-order valence-corrected chi connectivity index (χ0v) is 9.43. The zero-order valence-electron chi connectivity index (χ0n) is 8.61. The van der Waals surface area contributed by atoms with Gasteiger partial charge < -0.3 is 10.5 Å². The van der Waals surface area contributed by atoms with Gasteiger partial charge in [-0.05, 0) is 36.0 Å². The largest absolute Gasteiger partial charge is 0.493 e. The van der Waals surface area contributed by atoms with E-state index in [2.05, 4.69) is 18.2 Å². The Morgan fingerprint density at radius 2 is 2.13 bits per heavy atom. The maximum Gasteiger partial charge on any atom is 0.122 e. The highest BCUT2D eigenvalue weighted by Gasteiger charge is 2.30. The van der Waals surface area contributed by atoms with Crippen LogP contribution in [0.25, 0.3) is 0 Å². The van der Waals surface area contributed by atoms with Gasteiger partial charge in [-0.2, -0.15) is 0 Å². The molecule has 15 heavy (non-hydrogen) atoms. The molecular weight excluding hydrogens is 210 g/mol. The average molecular weight is 226 g/mol. The molecule has 0 radical (unpaired) electrons. The summed E-state index contributed by atoms with van der Waals surface area (Å²) in [6.45, 7) is 0.831. The van der Waals surface area contributed by atoms with Crippen LogP contribution in [0.15, 0.2) is 18.2 Å². The fourth-order valence-corrected chi connectivity index (χ4v) is 2.14. The van der Waals surface area contributed by atoms with Crippen LogP contribution in [0.5, 0.6) is 5.75 Å². The zero-order chi connectivity index (χ0) is 9.54. The van der Waals surface area contributed by atoms with Gasteiger partial charge >= 0.3 is 0 Å². The number of ether oxygens (including phenoxy) is 1. The average Bonchev–Trinajstić information content (AvgIpc) is 2.95. The lowest BCUT2D eigenvalue weighted by atomic mass is 10.00. The predicted molar refractivity (Wildman–Crippen MR) is 62.5 cm³/mol. The predicted octanol–water partition coefficient (Wildman–Crippen LogP) is 2.45. The summed E-state index contributed by atoms with van der Waals surface area (Å²) >= 11 is 0. The number of halogens is 1. The van der Waals surface area contributed by atoms with Crippen LogP contribution in [0, 0.1) is 5.92 Å². The molecule has 1 heterocycles. The molecule has 0 spiro atoms. The van der Waals surface area contributed by atoms with E-state index in [1.807, 2.05) is 0 Å². The molecular formula is C12H16ClNO. The highest BCUT2D eigenvalue weighted by molar-refractivity contribution is 5.85. The van der Waals surface area contributed by atoms with E-state index in [0.29, 0.717) is 0 Å². The molecule has 1 atom stereocenters. The van der Waals surface area contributed by atoms with Crippen LogP contribution in [0.3, 0.4) is 0 Å². The van der Waals surface area contributed by atoms with Crippen LogP contribution >= 0.6 is 12.4 Å². The fourth-order valence-electron chi connectivity index (χ4n) is 2.14. The Labute approximate surface area is 96.2 Å². The first-order chi connectivity index (χ1) is 6.84. The molecule has 2 aliphatic rings. The van der Waals surface area contributed by atoms with Crippen LogP contribution in [0.2, 0.25) is 0 Å². The first-order valence-corrected chi connectivity index (χ1v) is 5.36. The third-order valence-corrected chi connectivity index (χ3v) is 3.23. The van der Waals surface area contributed by atoms with Crippen LogP contribution < -0.4 is 10.5 Å². The smallest absolute Gasteiger partial charge is 0.122 e. The van der Waals surface area contributed by atoms with Gasteiger partial charge in [0.15, 0.2) is 0 Å². The molecule has 1 aromatic carbocycles. The summed E-state index contributed by atoms with van der Waals surface area (Å²) in [6.07, 6.45) is 3.64. The summed E-state index contributed by atoms with van der Waals surface area (Å²) in [5.41, 5.74) is 8.77. The van der Waals surface area contributed by atoms with Crippen molar-refractivity contribution in [2.45, 2.75) is 25.3 Å². The molecule has 2 N–H and O–H groups in total. The first-order valence-electron chi connectivity index (χ1n) is 5.36. The second kappa shape index (κ2) is 4.03. The number of benzene rings is 1. The van der Waals surface area contributed by atoms with Crippen molar-refractivity contribution in [2.75, 3.05) is 6.61 Å². The van der Waals surface area contributed by atoms with E-state index in [0.717, 1.165) is 24.7 Å². The number of hydrogen-bond donors (Lipinski definition) is 1. The molecule has 1 aliphatic carbocycles. The number of hydrogen-bond acceptors (Lipinski definition) is 2. The molecule has 1 aromatic rings. The molecule has 0 unspecified atom stereocenters. The van der Waals surface area contributed by atoms with Gasteiger partial charge in [0.25, 0.3) is 0 Å². The van der Waals surface area contributed by atoms with Crippen molar-refractivity contribution in [3.05, 3.63) is 29.3 Å². The molecule has 0 aromatic heterocycles. The Morgan fingerprint density at radius 1 is 1.33 bits per heavy atom. The Kier molecular flexibility index (Phi) is 2.89. The monoisotopic (exact) mass is 225 g/mol. The van der Waals surface area contributed by atoms with Crippen molar-refractivity contribution < 1.29 is 4.74 Å². The molecule has 0 amide bonds. The van der Waals surface area contributed by atoms with E-state index < -0.39 is 0 Å². The van der Waals surface area contributed by atoms with Gasteiger partial charge in [-0.1, -0.05) is 12.1 Å². The van der Waals surface area contributed by atoms with E-state index in [1.54, 1.807) is 0 Å². The SMILES string of the molecule is Cl.N[C@H](c1ccc2c(c1)CCO2)C1CC1. The van der Waals surface area contributed by atoms with E-state index in [1.165, 1.54) is 24.0 Å². The van der Waals surface area contributed by atoms with Gasteiger partial charge in [0.05, 0.1) is 6.61 Å². The normalized spacial score (nSPS) is 20.1. The minimum Gasteiger partial charge on any atom is -0.493 e. The second-order valence-corrected chi connectivity index (χ2v) is 4.33. The summed E-state index contributed by atoms with van der Waals surface area (Å²) in [4.78, 5) is 0. The minimum atomic E-state index is 0. The molecule has 0 saturated heterocycles. The third-order valence-electron chi connectivity index (χ3n) is 3.23. The van der Waals surface area contributed by atoms with Crippen molar-refractivity contribution in [3.8, 4) is 5.75 Å². The summed E-state index contributed by atoms with van der Waals surface area (Å²) in [5.74, 6) is 1.78. The molecule has 0 bridgehead atoms. The quantitative estimate of drug-likeness (QED) is 0.839. The Bertz CT molecular complexity index is 363. The summed E-state index contributed by atoms with van der Waals surface area (Å²) in [6, 6.07) is 6.67. The fraction of sp³-hybridized carbons (Fsp3) is 0.500. The van der Waals surface area contributed by atoms with E-state index in [4.69, 9.17) is 10.5 Å². The van der Waals surface area contributed by atoms with Crippen molar-refractivity contribution >= 4 is 12.4 Å². The van der Waals surface area contributed by atoms with Crippen LogP contribution in [0.1, 0.15) is 30.0 Å². The topological polar surface area (TPSA) is 35.2 Å². The maximum absolute atomic E-state index is 6.15. The maximum atomic E-state index is 6.15. The lowest BCUT2D eigenvalue weighted by molar-refractivity contribution is 0.356. The molecule has 1 aliphatic heterocycles. The number of fused-ring (bicyclic) bond motifs is 1. The lowest BCUT2D eigenvalue weighted by Gasteiger charge is -2.11. The highest BCUT2D eigenvalue weighted by Crippen LogP contribution is 2.40. The van der Waals surface area contributed by atoms with Crippen LogP contribution in [-0.2, 0) is 6.42 Å². The van der Waals surface area contributed by atoms with Gasteiger partial charge in [0.1, 0.15) is 5.75 Å². The lowest BCUT2D eigenvalue weighted by Crippen LogP contribution is -2.12. The Morgan fingerprint density at radius 3 is 2.87 bits per heavy atom. The molecule has 1 saturated carbocycles. The Balaban J connectivity index is 0.000000853. The van der Waals surface area contributed by atoms with Crippen molar-refractivity contribution in [3.63, 3.8) is 0 Å². The van der Waals surface area contributed by atoms with Crippen molar-refractivity contribution in [1.82, 2.24) is 0 Å². The van der Waals surface area contributed by atoms with Gasteiger partial charge in [-0.3, -0.25) is 0 Å². The number of nitrogens with two attached hydrogens (primary N) is 1. The summed E-state index contributed by atoms with van der Waals surface area (Å²) < 4.78 is 5.47. The third kappa shape index (κ3) is 1.97. The van der Waals surface area contributed by atoms with Gasteiger partial charge in [-0.15, -0.1) is 12.4 Å². The number of rotatable bonds is 2. The first kappa shape index (κ1) is 10.8. The van der Waals surface area contributed by atoms with E-state index >= 15 is 0 Å². The molecule has 1 fully saturated rings. The van der Waals surface area contributed by atoms with Gasteiger partial charge in [-0.25, -0.2) is 0 Å². The standard InChI is InChI=1S/C12H15NO.ClH/c13-12(8-1-2-8)10-3-4-11-9(7-10)5-6-14-11;/h3-4,7-8,12H,1-2,5-6,13H2;1H/t12-;/m0./s1. The molecule has 82 valence electrons. The van der Waals surface area contributed by atoms with E-state index in [9.17, 15) is 0 Å². The second-order valence-electron chi connectivity index (χ2n) is 4.33.